The predicted molar refractivity (Wildman–Crippen MR) is 73.9 cm³/mol. The summed E-state index contributed by atoms with van der Waals surface area (Å²) in [7, 11) is 1.70. The summed E-state index contributed by atoms with van der Waals surface area (Å²) in [4.78, 5) is 0. The SMILES string of the molecule is CCC#CCCc1c(OC)cc(C)c(Cl)c1C. The minimum Gasteiger partial charge on any atom is -0.496 e. The summed E-state index contributed by atoms with van der Waals surface area (Å²) < 4.78 is 5.41. The first-order valence-electron chi connectivity index (χ1n) is 5.90. The van der Waals surface area contributed by atoms with Gasteiger partial charge >= 0.3 is 0 Å². The Balaban J connectivity index is 3.00. The van der Waals surface area contributed by atoms with E-state index in [0.717, 1.165) is 41.2 Å². The van der Waals surface area contributed by atoms with Crippen molar-refractivity contribution in [2.24, 2.45) is 0 Å². The van der Waals surface area contributed by atoms with E-state index in [1.807, 2.05) is 19.9 Å². The first kappa shape index (κ1) is 13.9. The summed E-state index contributed by atoms with van der Waals surface area (Å²) >= 11 is 6.26. The van der Waals surface area contributed by atoms with Crippen molar-refractivity contribution in [1.82, 2.24) is 0 Å². The van der Waals surface area contributed by atoms with Gasteiger partial charge in [-0.15, -0.1) is 11.8 Å². The molecule has 0 aliphatic rings. The third-order valence-corrected chi connectivity index (χ3v) is 3.38. The summed E-state index contributed by atoms with van der Waals surface area (Å²) in [5.41, 5.74) is 3.35. The van der Waals surface area contributed by atoms with E-state index >= 15 is 0 Å². The number of aryl methyl sites for hydroxylation is 1. The molecular weight excluding hydrogens is 232 g/mol. The topological polar surface area (TPSA) is 9.23 Å². The van der Waals surface area contributed by atoms with Crippen molar-refractivity contribution >= 4 is 11.6 Å². The van der Waals surface area contributed by atoms with E-state index in [1.54, 1.807) is 7.11 Å². The molecule has 1 nitrogen and oxygen atoms in total. The summed E-state index contributed by atoms with van der Waals surface area (Å²) in [6.45, 7) is 6.10. The monoisotopic (exact) mass is 250 g/mol. The van der Waals surface area contributed by atoms with Crippen LogP contribution in [0.2, 0.25) is 5.02 Å². The number of hydrogen-bond acceptors (Lipinski definition) is 1. The Morgan fingerprint density at radius 3 is 2.59 bits per heavy atom. The van der Waals surface area contributed by atoms with Gasteiger partial charge in [0.15, 0.2) is 0 Å². The average Bonchev–Trinajstić information content (AvgIpc) is 2.33. The summed E-state index contributed by atoms with van der Waals surface area (Å²) in [6, 6.07) is 2.00. The Hall–Kier alpha value is -1.13. The number of benzene rings is 1. The van der Waals surface area contributed by atoms with Gasteiger partial charge in [0, 0.05) is 17.9 Å². The molecule has 17 heavy (non-hydrogen) atoms. The summed E-state index contributed by atoms with van der Waals surface area (Å²) in [5.74, 6) is 7.14. The van der Waals surface area contributed by atoms with Crippen LogP contribution >= 0.6 is 11.6 Å². The number of hydrogen-bond donors (Lipinski definition) is 0. The van der Waals surface area contributed by atoms with E-state index < -0.39 is 0 Å². The van der Waals surface area contributed by atoms with Gasteiger partial charge in [-0.3, -0.25) is 0 Å². The maximum Gasteiger partial charge on any atom is 0.122 e. The van der Waals surface area contributed by atoms with Gasteiger partial charge in [-0.2, -0.15) is 0 Å². The summed E-state index contributed by atoms with van der Waals surface area (Å²) in [6.07, 6.45) is 2.65. The standard InChI is InChI=1S/C15H19ClO/c1-5-6-7-8-9-13-12(3)15(16)11(2)10-14(13)17-4/h10H,5,8-9H2,1-4H3. The molecule has 0 aliphatic carbocycles. The molecule has 0 N–H and O–H groups in total. The Morgan fingerprint density at radius 2 is 2.00 bits per heavy atom. The molecule has 0 saturated carbocycles. The lowest BCUT2D eigenvalue weighted by Gasteiger charge is -2.14. The van der Waals surface area contributed by atoms with Crippen molar-refractivity contribution < 1.29 is 4.74 Å². The van der Waals surface area contributed by atoms with E-state index in [-0.39, 0.29) is 0 Å². The van der Waals surface area contributed by atoms with E-state index in [4.69, 9.17) is 16.3 Å². The fourth-order valence-corrected chi connectivity index (χ4v) is 2.02. The van der Waals surface area contributed by atoms with Crippen molar-refractivity contribution in [3.63, 3.8) is 0 Å². The minimum atomic E-state index is 0.837. The molecule has 1 rings (SSSR count). The van der Waals surface area contributed by atoms with Gasteiger partial charge in [0.1, 0.15) is 5.75 Å². The lowest BCUT2D eigenvalue weighted by atomic mass is 10.00. The van der Waals surface area contributed by atoms with E-state index in [9.17, 15) is 0 Å². The van der Waals surface area contributed by atoms with Crippen molar-refractivity contribution in [3.05, 3.63) is 27.8 Å². The van der Waals surface area contributed by atoms with Gasteiger partial charge in [0.2, 0.25) is 0 Å². The van der Waals surface area contributed by atoms with Crippen molar-refractivity contribution in [3.8, 4) is 17.6 Å². The second-order valence-electron chi connectivity index (χ2n) is 4.02. The highest BCUT2D eigenvalue weighted by Gasteiger charge is 2.11. The van der Waals surface area contributed by atoms with Crippen LogP contribution in [0.15, 0.2) is 6.07 Å². The zero-order valence-corrected chi connectivity index (χ0v) is 11.7. The van der Waals surface area contributed by atoms with Crippen molar-refractivity contribution in [1.29, 1.82) is 0 Å². The highest BCUT2D eigenvalue weighted by atomic mass is 35.5. The molecule has 0 radical (unpaired) electrons. The van der Waals surface area contributed by atoms with Gasteiger partial charge in [-0.1, -0.05) is 18.5 Å². The second kappa shape index (κ2) is 6.57. The van der Waals surface area contributed by atoms with Crippen LogP contribution in [0.25, 0.3) is 0 Å². The molecule has 1 aromatic rings. The van der Waals surface area contributed by atoms with Crippen LogP contribution in [0.5, 0.6) is 5.75 Å². The third-order valence-electron chi connectivity index (χ3n) is 2.79. The van der Waals surface area contributed by atoms with Crippen LogP contribution in [-0.4, -0.2) is 7.11 Å². The zero-order valence-electron chi connectivity index (χ0n) is 11.0. The molecule has 2 heteroatoms. The molecule has 0 aliphatic heterocycles. The molecular formula is C15H19ClO. The molecule has 0 saturated heterocycles. The van der Waals surface area contributed by atoms with Gasteiger partial charge in [-0.05, 0) is 43.0 Å². The quantitative estimate of drug-likeness (QED) is 0.727. The Labute approximate surface area is 109 Å². The lowest BCUT2D eigenvalue weighted by Crippen LogP contribution is -1.98. The molecule has 0 bridgehead atoms. The first-order chi connectivity index (χ1) is 8.11. The fourth-order valence-electron chi connectivity index (χ4n) is 1.85. The number of halogens is 1. The third kappa shape index (κ3) is 3.41. The molecule has 0 aromatic heterocycles. The Kier molecular flexibility index (Phi) is 5.38. The molecule has 1 aromatic carbocycles. The highest BCUT2D eigenvalue weighted by molar-refractivity contribution is 6.32. The fraction of sp³-hybridized carbons (Fsp3) is 0.467. The van der Waals surface area contributed by atoms with E-state index in [0.29, 0.717) is 0 Å². The highest BCUT2D eigenvalue weighted by Crippen LogP contribution is 2.32. The first-order valence-corrected chi connectivity index (χ1v) is 6.27. The van der Waals surface area contributed by atoms with Gasteiger partial charge < -0.3 is 4.74 Å². The molecule has 0 atom stereocenters. The molecule has 0 spiro atoms. The largest absolute Gasteiger partial charge is 0.496 e. The van der Waals surface area contributed by atoms with Crippen molar-refractivity contribution in [2.45, 2.75) is 40.0 Å². The normalized spacial score (nSPS) is 9.71. The van der Waals surface area contributed by atoms with Gasteiger partial charge in [-0.25, -0.2) is 0 Å². The van der Waals surface area contributed by atoms with Crippen LogP contribution < -0.4 is 4.74 Å². The van der Waals surface area contributed by atoms with Gasteiger partial charge in [0.25, 0.3) is 0 Å². The van der Waals surface area contributed by atoms with Crippen LogP contribution in [0, 0.1) is 25.7 Å². The second-order valence-corrected chi connectivity index (χ2v) is 4.40. The van der Waals surface area contributed by atoms with E-state index in [2.05, 4.69) is 18.8 Å². The Bertz CT molecular complexity index is 452. The lowest BCUT2D eigenvalue weighted by molar-refractivity contribution is 0.409. The minimum absolute atomic E-state index is 0.837. The molecule has 0 fully saturated rings. The molecule has 0 amide bonds. The summed E-state index contributed by atoms with van der Waals surface area (Å²) in [5, 5.41) is 0.837. The average molecular weight is 251 g/mol. The molecule has 92 valence electrons. The van der Waals surface area contributed by atoms with Crippen LogP contribution in [-0.2, 0) is 6.42 Å². The molecule has 0 heterocycles. The zero-order chi connectivity index (χ0) is 12.8. The number of ether oxygens (including phenoxy) is 1. The Morgan fingerprint density at radius 1 is 1.29 bits per heavy atom. The van der Waals surface area contributed by atoms with Gasteiger partial charge in [0.05, 0.1) is 7.11 Å². The van der Waals surface area contributed by atoms with Crippen LogP contribution in [0.3, 0.4) is 0 Å². The number of rotatable bonds is 3. The van der Waals surface area contributed by atoms with Crippen molar-refractivity contribution in [2.75, 3.05) is 7.11 Å². The maximum absolute atomic E-state index is 6.26. The van der Waals surface area contributed by atoms with E-state index in [1.165, 1.54) is 5.56 Å². The molecule has 0 unspecified atom stereocenters. The predicted octanol–water partition coefficient (Wildman–Crippen LogP) is 4.31. The van der Waals surface area contributed by atoms with Crippen LogP contribution in [0.1, 0.15) is 36.5 Å². The number of methoxy groups -OCH3 is 1. The maximum atomic E-state index is 6.26. The smallest absolute Gasteiger partial charge is 0.122 e. The van der Waals surface area contributed by atoms with Crippen LogP contribution in [0.4, 0.5) is 0 Å².